The maximum atomic E-state index is 11.6. The van der Waals surface area contributed by atoms with E-state index in [2.05, 4.69) is 64.1 Å². The molecule has 6 aliphatic rings. The number of methoxy groups -OCH3 is 1. The number of benzene rings is 3. The maximum absolute atomic E-state index is 11.6. The van der Waals surface area contributed by atoms with Gasteiger partial charge >= 0.3 is 0 Å². The number of fused-ring (bicyclic) bond motifs is 7. The molecule has 3 aromatic carbocycles. The van der Waals surface area contributed by atoms with Crippen molar-refractivity contribution < 1.29 is 9.84 Å². The highest BCUT2D eigenvalue weighted by molar-refractivity contribution is 6.06. The first-order valence-corrected chi connectivity index (χ1v) is 15.5. The lowest BCUT2D eigenvalue weighted by atomic mass is 9.46. The highest BCUT2D eigenvalue weighted by Gasteiger charge is 2.58. The van der Waals surface area contributed by atoms with E-state index in [1.54, 1.807) is 18.2 Å². The summed E-state index contributed by atoms with van der Waals surface area (Å²) in [5, 5.41) is 13.6. The summed E-state index contributed by atoms with van der Waals surface area (Å²) in [7, 11) is 1.71. The van der Waals surface area contributed by atoms with Gasteiger partial charge in [0.2, 0.25) is 0 Å². The summed E-state index contributed by atoms with van der Waals surface area (Å²) < 4.78 is 5.58. The van der Waals surface area contributed by atoms with Crippen LogP contribution in [0.5, 0.6) is 11.5 Å². The third kappa shape index (κ3) is 3.33. The Morgan fingerprint density at radius 1 is 0.744 bits per heavy atom. The normalized spacial score (nSPS) is 32.4. The van der Waals surface area contributed by atoms with Crippen LogP contribution >= 0.6 is 0 Å². The molecule has 0 aliphatic heterocycles. The average Bonchev–Trinajstić information content (AvgIpc) is 3.09. The van der Waals surface area contributed by atoms with E-state index in [1.165, 1.54) is 67.0 Å². The Bertz CT molecular complexity index is 1470. The number of hydrogen-bond donors (Lipinski definition) is 1. The minimum absolute atomic E-state index is 0.0680. The lowest BCUT2D eigenvalue weighted by molar-refractivity contribution is -0.00707. The first-order valence-electron chi connectivity index (χ1n) is 15.5. The first-order chi connectivity index (χ1) is 18.5. The Balaban J connectivity index is 1.45. The van der Waals surface area contributed by atoms with E-state index < -0.39 is 0 Å². The molecule has 4 bridgehead atoms. The van der Waals surface area contributed by atoms with Crippen molar-refractivity contribution in [2.75, 3.05) is 7.11 Å². The number of hydrogen-bond acceptors (Lipinski definition) is 2. The molecule has 204 valence electrons. The van der Waals surface area contributed by atoms with Crippen molar-refractivity contribution >= 4 is 10.8 Å². The van der Waals surface area contributed by atoms with Crippen LogP contribution in [-0.2, 0) is 10.8 Å². The molecule has 0 atom stereocenters. The molecule has 0 saturated heterocycles. The van der Waals surface area contributed by atoms with Crippen molar-refractivity contribution in [3.63, 3.8) is 0 Å². The maximum Gasteiger partial charge on any atom is 0.123 e. The molecule has 0 radical (unpaired) electrons. The van der Waals surface area contributed by atoms with Gasteiger partial charge in [0, 0.05) is 10.8 Å². The standard InChI is InChI=1S/C37H44O2/c1-34(2)19-35(3,4)21-37(20-34)30-15-31(38)28-14-25(39-5)9-10-26(28)32(30)27-7-6-8-29(33(27)37)36-16-22-11-23(17-36)13-24(12-22)18-36/h6-10,14-15,22-24,38H,11-13,16-21H2,1-5H3. The Morgan fingerprint density at radius 2 is 1.38 bits per heavy atom. The third-order valence-corrected chi connectivity index (χ3v) is 11.8. The van der Waals surface area contributed by atoms with E-state index in [9.17, 15) is 5.11 Å². The molecule has 2 nitrogen and oxygen atoms in total. The van der Waals surface area contributed by atoms with Crippen LogP contribution in [0.3, 0.4) is 0 Å². The average molecular weight is 521 g/mol. The molecule has 2 heteroatoms. The molecule has 6 aliphatic carbocycles. The first kappa shape index (κ1) is 24.3. The van der Waals surface area contributed by atoms with Crippen molar-refractivity contribution in [1.82, 2.24) is 0 Å². The summed E-state index contributed by atoms with van der Waals surface area (Å²) in [4.78, 5) is 0. The van der Waals surface area contributed by atoms with Crippen molar-refractivity contribution in [1.29, 1.82) is 0 Å². The second-order valence-electron chi connectivity index (χ2n) is 16.1. The number of phenols is 1. The molecule has 0 amide bonds. The van der Waals surface area contributed by atoms with Gasteiger partial charge in [-0.15, -0.1) is 0 Å². The quantitative estimate of drug-likeness (QED) is 0.364. The molecule has 5 fully saturated rings. The zero-order valence-corrected chi connectivity index (χ0v) is 24.5. The number of ether oxygens (including phenoxy) is 1. The molecule has 1 N–H and O–H groups in total. The Kier molecular flexibility index (Phi) is 4.75. The van der Waals surface area contributed by atoms with Gasteiger partial charge in [0.1, 0.15) is 11.5 Å². The third-order valence-electron chi connectivity index (χ3n) is 11.8. The van der Waals surface area contributed by atoms with Gasteiger partial charge in [-0.1, -0.05) is 45.9 Å². The van der Waals surface area contributed by atoms with Gasteiger partial charge in [0.15, 0.2) is 0 Å². The zero-order chi connectivity index (χ0) is 26.9. The van der Waals surface area contributed by atoms with Crippen LogP contribution in [0.15, 0.2) is 42.5 Å². The molecule has 5 saturated carbocycles. The van der Waals surface area contributed by atoms with E-state index in [1.807, 2.05) is 6.07 Å². The second kappa shape index (κ2) is 7.62. The van der Waals surface area contributed by atoms with Crippen LogP contribution in [0.4, 0.5) is 0 Å². The Hall–Kier alpha value is -2.48. The lowest BCUT2D eigenvalue weighted by Crippen LogP contribution is -2.50. The fourth-order valence-electron chi connectivity index (χ4n) is 12.0. The zero-order valence-electron chi connectivity index (χ0n) is 24.5. The molecular weight excluding hydrogens is 476 g/mol. The van der Waals surface area contributed by atoms with Crippen LogP contribution in [0.1, 0.15) is 102 Å². The summed E-state index contributed by atoms with van der Waals surface area (Å²) in [5.41, 5.74) is 8.24. The molecule has 0 unspecified atom stereocenters. The summed E-state index contributed by atoms with van der Waals surface area (Å²) in [6, 6.07) is 15.8. The topological polar surface area (TPSA) is 29.5 Å². The van der Waals surface area contributed by atoms with E-state index in [0.717, 1.165) is 41.7 Å². The number of rotatable bonds is 2. The number of aromatic hydroxyl groups is 1. The van der Waals surface area contributed by atoms with Crippen LogP contribution in [0, 0.1) is 28.6 Å². The van der Waals surface area contributed by atoms with Crippen LogP contribution in [0.2, 0.25) is 0 Å². The van der Waals surface area contributed by atoms with Gasteiger partial charge in [-0.2, -0.15) is 0 Å². The molecule has 9 rings (SSSR count). The van der Waals surface area contributed by atoms with Gasteiger partial charge in [-0.05, 0) is 149 Å². The predicted octanol–water partition coefficient (Wildman–Crippen LogP) is 9.52. The molecule has 1 spiro atoms. The highest BCUT2D eigenvalue weighted by Crippen LogP contribution is 2.69. The summed E-state index contributed by atoms with van der Waals surface area (Å²) in [6.07, 6.45) is 12.1. The van der Waals surface area contributed by atoms with E-state index in [-0.39, 0.29) is 16.2 Å². The predicted molar refractivity (Wildman–Crippen MR) is 160 cm³/mol. The van der Waals surface area contributed by atoms with Gasteiger partial charge in [-0.25, -0.2) is 0 Å². The molecular formula is C37H44O2. The largest absolute Gasteiger partial charge is 0.507 e. The van der Waals surface area contributed by atoms with Crippen molar-refractivity contribution in [3.8, 4) is 22.6 Å². The fraction of sp³-hybridized carbons (Fsp3) is 0.568. The minimum Gasteiger partial charge on any atom is -0.507 e. The van der Waals surface area contributed by atoms with Crippen LogP contribution < -0.4 is 4.74 Å². The van der Waals surface area contributed by atoms with Crippen molar-refractivity contribution in [2.45, 2.75) is 96.3 Å². The highest BCUT2D eigenvalue weighted by atomic mass is 16.5. The van der Waals surface area contributed by atoms with Crippen molar-refractivity contribution in [3.05, 3.63) is 59.2 Å². The van der Waals surface area contributed by atoms with Crippen molar-refractivity contribution in [2.24, 2.45) is 28.6 Å². The van der Waals surface area contributed by atoms with Gasteiger partial charge in [-0.3, -0.25) is 0 Å². The Labute approximate surface area is 234 Å². The van der Waals surface area contributed by atoms with Gasteiger partial charge in [0.25, 0.3) is 0 Å². The van der Waals surface area contributed by atoms with Gasteiger partial charge in [0.05, 0.1) is 7.11 Å². The monoisotopic (exact) mass is 520 g/mol. The molecule has 39 heavy (non-hydrogen) atoms. The molecule has 0 heterocycles. The van der Waals surface area contributed by atoms with Crippen LogP contribution in [0.25, 0.3) is 21.9 Å². The Morgan fingerprint density at radius 3 is 2.00 bits per heavy atom. The minimum atomic E-state index is -0.0680. The smallest absolute Gasteiger partial charge is 0.123 e. The summed E-state index contributed by atoms with van der Waals surface area (Å²) in [6.45, 7) is 9.97. The second-order valence-corrected chi connectivity index (χ2v) is 16.1. The summed E-state index contributed by atoms with van der Waals surface area (Å²) >= 11 is 0. The number of phenolic OH excluding ortho intramolecular Hbond substituents is 1. The summed E-state index contributed by atoms with van der Waals surface area (Å²) in [5.74, 6) is 3.95. The molecule has 0 aromatic heterocycles. The van der Waals surface area contributed by atoms with E-state index in [0.29, 0.717) is 11.2 Å². The molecule has 3 aromatic rings. The lowest BCUT2D eigenvalue weighted by Gasteiger charge is -2.59. The van der Waals surface area contributed by atoms with E-state index >= 15 is 0 Å². The van der Waals surface area contributed by atoms with E-state index in [4.69, 9.17) is 4.74 Å². The SMILES string of the molecule is COc1ccc2c3c(cc(O)c2c1)C1(CC(C)(C)CC(C)(C)C1)c1c-3cccc1C12CC3CC(CC(C3)C1)C2. The van der Waals surface area contributed by atoms with Gasteiger partial charge < -0.3 is 9.84 Å². The van der Waals surface area contributed by atoms with Crippen LogP contribution in [-0.4, -0.2) is 12.2 Å². The fourth-order valence-corrected chi connectivity index (χ4v) is 12.0.